The smallest absolute Gasteiger partial charge is 0.767 e. The van der Waals surface area contributed by atoms with Gasteiger partial charge in [0.15, 0.2) is 0 Å². The minimum atomic E-state index is -2.16. The molecule has 1 heterocycles. The summed E-state index contributed by atoms with van der Waals surface area (Å²) in [6.45, 7) is 2.49. The summed E-state index contributed by atoms with van der Waals surface area (Å²) in [5.74, 6) is 0. The van der Waals surface area contributed by atoms with Crippen LogP contribution in [0.5, 0.6) is 0 Å². The first kappa shape index (κ1) is 11.3. The molecule has 6 heteroatoms. The van der Waals surface area contributed by atoms with Crippen LogP contribution in [-0.2, 0) is 17.6 Å². The molecule has 0 radical (unpaired) electrons. The quantitative estimate of drug-likeness (QED) is 0.365. The number of rotatable bonds is 2. The van der Waals surface area contributed by atoms with Crippen LogP contribution in [0, 0.1) is 0 Å². The molecule has 0 fully saturated rings. The fourth-order valence-corrected chi connectivity index (χ4v) is 1.20. The van der Waals surface area contributed by atoms with Gasteiger partial charge >= 0.3 is 29.6 Å². The van der Waals surface area contributed by atoms with Crippen molar-refractivity contribution < 1.29 is 38.3 Å². The van der Waals surface area contributed by atoms with Gasteiger partial charge in [0.05, 0.1) is 12.5 Å². The molecular weight excluding hydrogens is 175 g/mol. The molecule has 0 spiro atoms. The molecule has 56 valence electrons. The van der Waals surface area contributed by atoms with Gasteiger partial charge in [0.25, 0.3) is 0 Å². The molecule has 1 aromatic heterocycles. The molecule has 1 aromatic rings. The molecule has 1 unspecified atom stereocenters. The molecular formula is C5H7N2NaO2S. The maximum atomic E-state index is 10.4. The van der Waals surface area contributed by atoms with Gasteiger partial charge in [-0.2, -0.15) is 0 Å². The summed E-state index contributed by atoms with van der Waals surface area (Å²) in [5, 5.41) is 0.238. The second-order valence-corrected chi connectivity index (χ2v) is 2.64. The summed E-state index contributed by atoms with van der Waals surface area (Å²) in [4.78, 5) is 3.68. The Morgan fingerprint density at radius 1 is 1.82 bits per heavy atom. The van der Waals surface area contributed by atoms with Crippen molar-refractivity contribution in [3.63, 3.8) is 0 Å². The first-order valence-corrected chi connectivity index (χ1v) is 3.92. The van der Waals surface area contributed by atoms with E-state index in [0.717, 1.165) is 0 Å². The van der Waals surface area contributed by atoms with Gasteiger partial charge in [-0.15, -0.1) is 0 Å². The van der Waals surface area contributed by atoms with Crippen molar-refractivity contribution in [1.29, 1.82) is 0 Å². The maximum absolute atomic E-state index is 10.4. The van der Waals surface area contributed by atoms with E-state index in [4.69, 9.17) is 0 Å². The zero-order valence-electron chi connectivity index (χ0n) is 6.48. The van der Waals surface area contributed by atoms with Crippen LogP contribution in [0.4, 0.5) is 0 Å². The standard InChI is InChI=1S/C5H8N2O2S.Na/c1-2-7-4-6-3-5(7)10(8)9;/h3-4H,2H2,1H3,(H,8,9);/q;+1/p-1. The Kier molecular flexibility index (Phi) is 5.20. The molecule has 0 saturated heterocycles. The molecule has 0 N–H and O–H groups in total. The molecule has 0 saturated carbocycles. The molecule has 1 atom stereocenters. The number of aromatic nitrogens is 2. The van der Waals surface area contributed by atoms with Gasteiger partial charge in [0.1, 0.15) is 5.03 Å². The largest absolute Gasteiger partial charge is 1.00 e. The van der Waals surface area contributed by atoms with E-state index < -0.39 is 11.1 Å². The van der Waals surface area contributed by atoms with E-state index in [2.05, 4.69) is 4.98 Å². The van der Waals surface area contributed by atoms with E-state index in [1.165, 1.54) is 12.5 Å². The third kappa shape index (κ3) is 2.68. The molecule has 11 heavy (non-hydrogen) atoms. The van der Waals surface area contributed by atoms with Crippen molar-refractivity contribution in [3.8, 4) is 0 Å². The minimum Gasteiger partial charge on any atom is -0.767 e. The Hall–Kier alpha value is 0.320. The molecule has 0 amide bonds. The summed E-state index contributed by atoms with van der Waals surface area (Å²) in [6, 6.07) is 0. The van der Waals surface area contributed by atoms with Crippen LogP contribution in [0.3, 0.4) is 0 Å². The van der Waals surface area contributed by atoms with Crippen LogP contribution in [0.1, 0.15) is 6.92 Å². The van der Waals surface area contributed by atoms with Crippen molar-refractivity contribution in [2.75, 3.05) is 0 Å². The van der Waals surface area contributed by atoms with Gasteiger partial charge in [-0.25, -0.2) is 4.98 Å². The van der Waals surface area contributed by atoms with E-state index in [-0.39, 0.29) is 34.6 Å². The van der Waals surface area contributed by atoms with E-state index in [1.54, 1.807) is 4.57 Å². The molecule has 0 aliphatic carbocycles. The zero-order valence-corrected chi connectivity index (χ0v) is 9.30. The van der Waals surface area contributed by atoms with Gasteiger partial charge in [-0.05, 0) is 18.0 Å². The topological polar surface area (TPSA) is 58.0 Å². The SMILES string of the molecule is CCn1cncc1S(=O)[O-].[Na+]. The normalized spacial score (nSPS) is 12.2. The van der Waals surface area contributed by atoms with Crippen LogP contribution in [0.2, 0.25) is 0 Å². The first-order valence-electron chi connectivity index (χ1n) is 2.85. The second kappa shape index (κ2) is 5.05. The van der Waals surface area contributed by atoms with Gasteiger partial charge in [0, 0.05) is 6.54 Å². The monoisotopic (exact) mass is 182 g/mol. The van der Waals surface area contributed by atoms with Gasteiger partial charge < -0.3 is 9.12 Å². The number of imidazole rings is 1. The number of aryl methyl sites for hydroxylation is 1. The van der Waals surface area contributed by atoms with Gasteiger partial charge in [-0.1, -0.05) is 0 Å². The Bertz CT molecular complexity index is 250. The van der Waals surface area contributed by atoms with Crippen LogP contribution in [0.15, 0.2) is 17.6 Å². The number of hydrogen-bond acceptors (Lipinski definition) is 3. The molecule has 0 bridgehead atoms. The Labute approximate surface area is 89.6 Å². The summed E-state index contributed by atoms with van der Waals surface area (Å²) in [6.07, 6.45) is 2.82. The van der Waals surface area contributed by atoms with E-state index in [9.17, 15) is 8.76 Å². The first-order chi connectivity index (χ1) is 4.75. The molecule has 0 aromatic carbocycles. The third-order valence-electron chi connectivity index (χ3n) is 1.19. The van der Waals surface area contributed by atoms with Crippen molar-refractivity contribution in [1.82, 2.24) is 9.55 Å². The summed E-state index contributed by atoms with van der Waals surface area (Å²) < 4.78 is 22.3. The Morgan fingerprint density at radius 2 is 2.45 bits per heavy atom. The Morgan fingerprint density at radius 3 is 2.82 bits per heavy atom. The fourth-order valence-electron chi connectivity index (χ4n) is 0.685. The van der Waals surface area contributed by atoms with Crippen LogP contribution >= 0.6 is 0 Å². The van der Waals surface area contributed by atoms with Crippen LogP contribution in [0.25, 0.3) is 0 Å². The van der Waals surface area contributed by atoms with Crippen molar-refractivity contribution in [2.45, 2.75) is 18.5 Å². The minimum absolute atomic E-state index is 0. The average molecular weight is 182 g/mol. The van der Waals surface area contributed by atoms with Crippen LogP contribution < -0.4 is 29.6 Å². The Balaban J connectivity index is 0.000001000. The van der Waals surface area contributed by atoms with Crippen molar-refractivity contribution in [2.24, 2.45) is 0 Å². The average Bonchev–Trinajstić information content (AvgIpc) is 2.33. The summed E-state index contributed by atoms with van der Waals surface area (Å²) in [5.41, 5.74) is 0. The number of nitrogens with zero attached hydrogens (tertiary/aromatic N) is 2. The second-order valence-electron chi connectivity index (χ2n) is 1.75. The predicted octanol–water partition coefficient (Wildman–Crippen LogP) is -2.85. The molecule has 4 nitrogen and oxygen atoms in total. The van der Waals surface area contributed by atoms with E-state index >= 15 is 0 Å². The van der Waals surface area contributed by atoms with Gasteiger partial charge in [-0.3, -0.25) is 4.21 Å². The van der Waals surface area contributed by atoms with E-state index in [1.807, 2.05) is 6.92 Å². The molecule has 0 aliphatic rings. The van der Waals surface area contributed by atoms with E-state index in [0.29, 0.717) is 6.54 Å². The molecule has 1 rings (SSSR count). The number of hydrogen-bond donors (Lipinski definition) is 0. The fraction of sp³-hybridized carbons (Fsp3) is 0.400. The predicted molar refractivity (Wildman–Crippen MR) is 35.1 cm³/mol. The van der Waals surface area contributed by atoms with Crippen LogP contribution in [-0.4, -0.2) is 18.3 Å². The summed E-state index contributed by atoms with van der Waals surface area (Å²) >= 11 is -2.16. The summed E-state index contributed by atoms with van der Waals surface area (Å²) in [7, 11) is 0. The third-order valence-corrected chi connectivity index (χ3v) is 1.87. The molecule has 0 aliphatic heterocycles. The maximum Gasteiger partial charge on any atom is 1.00 e. The van der Waals surface area contributed by atoms with Gasteiger partial charge in [0.2, 0.25) is 0 Å². The zero-order chi connectivity index (χ0) is 7.56. The van der Waals surface area contributed by atoms with Crippen molar-refractivity contribution >= 4 is 11.1 Å². The van der Waals surface area contributed by atoms with Crippen molar-refractivity contribution in [3.05, 3.63) is 12.5 Å².